The number of rotatable bonds is 6. The zero-order chi connectivity index (χ0) is 23.2. The van der Waals surface area contributed by atoms with Gasteiger partial charge in [-0.1, -0.05) is 5.16 Å². The topological polar surface area (TPSA) is 97.4 Å². The molecular formula is C24H28N6O3S. The quantitative estimate of drug-likeness (QED) is 0.538. The first kappa shape index (κ1) is 21.5. The molecule has 1 aliphatic heterocycles. The van der Waals surface area contributed by atoms with Gasteiger partial charge in [-0.15, -0.1) is 11.3 Å². The SMILES string of the molecule is CN(Cc1cscn1)C(=O)c1nn(CC2CC2)c2c1CN(C(=O)c1noc3c1CCCC3)CC2. The van der Waals surface area contributed by atoms with Crippen LogP contribution in [0.1, 0.15) is 74.9 Å². The molecule has 3 aromatic heterocycles. The summed E-state index contributed by atoms with van der Waals surface area (Å²) in [5.74, 6) is 1.25. The highest BCUT2D eigenvalue weighted by Gasteiger charge is 2.35. The molecule has 34 heavy (non-hydrogen) atoms. The third-order valence-electron chi connectivity index (χ3n) is 7.13. The first-order valence-corrected chi connectivity index (χ1v) is 13.0. The smallest absolute Gasteiger partial charge is 0.276 e. The molecule has 0 unspecified atom stereocenters. The van der Waals surface area contributed by atoms with Crippen LogP contribution < -0.4 is 0 Å². The van der Waals surface area contributed by atoms with Crippen molar-refractivity contribution >= 4 is 23.2 Å². The molecule has 3 aliphatic rings. The number of fused-ring (bicyclic) bond motifs is 2. The standard InChI is InChI=1S/C24H28N6O3S/c1-28(11-16-13-34-14-25-16)23(31)21-18-12-29(9-8-19(18)30(26-21)10-15-6-7-15)24(32)22-17-4-2-3-5-20(17)33-27-22/h13-15H,2-12H2,1H3. The van der Waals surface area contributed by atoms with Crippen LogP contribution in [0.25, 0.3) is 0 Å². The highest BCUT2D eigenvalue weighted by molar-refractivity contribution is 7.07. The lowest BCUT2D eigenvalue weighted by atomic mass is 9.95. The lowest BCUT2D eigenvalue weighted by molar-refractivity contribution is 0.0711. The molecule has 2 aliphatic carbocycles. The second-order valence-corrected chi connectivity index (χ2v) is 10.4. The third-order valence-corrected chi connectivity index (χ3v) is 7.77. The van der Waals surface area contributed by atoms with E-state index in [0.29, 0.717) is 43.4 Å². The number of amides is 2. The van der Waals surface area contributed by atoms with Crippen molar-refractivity contribution in [3.8, 4) is 0 Å². The molecule has 10 heteroatoms. The summed E-state index contributed by atoms with van der Waals surface area (Å²) in [6.07, 6.45) is 6.91. The van der Waals surface area contributed by atoms with E-state index in [-0.39, 0.29) is 11.8 Å². The van der Waals surface area contributed by atoms with Crippen LogP contribution >= 0.6 is 11.3 Å². The maximum absolute atomic E-state index is 13.4. The van der Waals surface area contributed by atoms with Crippen LogP contribution in [0.4, 0.5) is 0 Å². The number of aromatic nitrogens is 4. The molecule has 3 aromatic rings. The zero-order valence-electron chi connectivity index (χ0n) is 19.3. The van der Waals surface area contributed by atoms with Gasteiger partial charge in [0.25, 0.3) is 11.8 Å². The number of aryl methyl sites for hydroxylation is 1. The molecule has 9 nitrogen and oxygen atoms in total. The van der Waals surface area contributed by atoms with Gasteiger partial charge in [-0.2, -0.15) is 5.10 Å². The maximum atomic E-state index is 13.4. The van der Waals surface area contributed by atoms with E-state index in [1.807, 2.05) is 10.1 Å². The highest BCUT2D eigenvalue weighted by Crippen LogP contribution is 2.33. The summed E-state index contributed by atoms with van der Waals surface area (Å²) >= 11 is 1.52. The Hall–Kier alpha value is -3.01. The molecule has 2 amide bonds. The largest absolute Gasteiger partial charge is 0.360 e. The van der Waals surface area contributed by atoms with Gasteiger partial charge >= 0.3 is 0 Å². The molecule has 6 rings (SSSR count). The number of hydrogen-bond acceptors (Lipinski definition) is 7. The minimum Gasteiger partial charge on any atom is -0.360 e. The summed E-state index contributed by atoms with van der Waals surface area (Å²) < 4.78 is 7.51. The number of carbonyl (C=O) groups is 2. The molecular weight excluding hydrogens is 452 g/mol. The van der Waals surface area contributed by atoms with Crippen LogP contribution in [0.5, 0.6) is 0 Å². The molecule has 0 atom stereocenters. The van der Waals surface area contributed by atoms with E-state index in [9.17, 15) is 9.59 Å². The molecule has 4 heterocycles. The summed E-state index contributed by atoms with van der Waals surface area (Å²) in [6, 6.07) is 0. The van der Waals surface area contributed by atoms with Crippen molar-refractivity contribution in [3.63, 3.8) is 0 Å². The number of thiazole rings is 1. The summed E-state index contributed by atoms with van der Waals surface area (Å²) in [6.45, 7) is 2.23. The van der Waals surface area contributed by atoms with Crippen LogP contribution in [-0.4, -0.2) is 55.1 Å². The van der Waals surface area contributed by atoms with Crippen molar-refractivity contribution in [2.45, 2.75) is 64.6 Å². The average molecular weight is 481 g/mol. The van der Waals surface area contributed by atoms with Gasteiger partial charge in [0.2, 0.25) is 0 Å². The van der Waals surface area contributed by atoms with Crippen LogP contribution in [0.15, 0.2) is 15.4 Å². The molecule has 0 N–H and O–H groups in total. The minimum absolute atomic E-state index is 0.110. The Balaban J connectivity index is 1.28. The number of hydrogen-bond donors (Lipinski definition) is 0. The Labute approximate surface area is 201 Å². The van der Waals surface area contributed by atoms with Crippen LogP contribution in [0.3, 0.4) is 0 Å². The first-order valence-electron chi connectivity index (χ1n) is 12.1. The number of nitrogens with zero attached hydrogens (tertiary/aromatic N) is 6. The van der Waals surface area contributed by atoms with E-state index in [1.54, 1.807) is 22.4 Å². The summed E-state index contributed by atoms with van der Waals surface area (Å²) in [7, 11) is 1.78. The van der Waals surface area contributed by atoms with E-state index in [1.165, 1.54) is 24.2 Å². The molecule has 0 spiro atoms. The second kappa shape index (κ2) is 8.65. The van der Waals surface area contributed by atoms with Gasteiger partial charge in [-0.3, -0.25) is 14.3 Å². The van der Waals surface area contributed by atoms with E-state index in [2.05, 4.69) is 10.1 Å². The molecule has 178 valence electrons. The Kier molecular flexibility index (Phi) is 5.47. The lowest BCUT2D eigenvalue weighted by Gasteiger charge is -2.28. The van der Waals surface area contributed by atoms with Crippen molar-refractivity contribution in [1.29, 1.82) is 0 Å². The Morgan fingerprint density at radius 3 is 2.82 bits per heavy atom. The van der Waals surface area contributed by atoms with Gasteiger partial charge < -0.3 is 14.3 Å². The van der Waals surface area contributed by atoms with Crippen molar-refractivity contribution in [2.24, 2.45) is 5.92 Å². The normalized spacial score (nSPS) is 17.4. The van der Waals surface area contributed by atoms with Crippen molar-refractivity contribution in [1.82, 2.24) is 29.7 Å². The van der Waals surface area contributed by atoms with Crippen molar-refractivity contribution in [3.05, 3.63) is 50.6 Å². The van der Waals surface area contributed by atoms with Crippen LogP contribution in [-0.2, 0) is 38.9 Å². The molecule has 0 bridgehead atoms. The molecule has 0 radical (unpaired) electrons. The Bertz CT molecular complexity index is 1230. The van der Waals surface area contributed by atoms with Gasteiger partial charge in [0.1, 0.15) is 5.76 Å². The van der Waals surface area contributed by atoms with Crippen molar-refractivity contribution < 1.29 is 14.1 Å². The monoisotopic (exact) mass is 480 g/mol. The summed E-state index contributed by atoms with van der Waals surface area (Å²) in [4.78, 5) is 34.7. The van der Waals surface area contributed by atoms with Crippen LogP contribution in [0.2, 0.25) is 0 Å². The van der Waals surface area contributed by atoms with Gasteiger partial charge in [0.05, 0.1) is 24.3 Å². The maximum Gasteiger partial charge on any atom is 0.276 e. The fourth-order valence-electron chi connectivity index (χ4n) is 5.05. The summed E-state index contributed by atoms with van der Waals surface area (Å²) in [5.41, 5.74) is 6.44. The second-order valence-electron chi connectivity index (χ2n) is 9.66. The molecule has 1 saturated carbocycles. The lowest BCUT2D eigenvalue weighted by Crippen LogP contribution is -2.38. The predicted molar refractivity (Wildman–Crippen MR) is 124 cm³/mol. The van der Waals surface area contributed by atoms with Gasteiger partial charge in [0.15, 0.2) is 11.4 Å². The highest BCUT2D eigenvalue weighted by atomic mass is 32.1. The van der Waals surface area contributed by atoms with E-state index < -0.39 is 0 Å². The molecule has 0 aromatic carbocycles. The minimum atomic E-state index is -0.132. The van der Waals surface area contributed by atoms with E-state index >= 15 is 0 Å². The average Bonchev–Trinajstić information content (AvgIpc) is 3.23. The predicted octanol–water partition coefficient (Wildman–Crippen LogP) is 3.09. The molecule has 1 fully saturated rings. The Morgan fingerprint density at radius 1 is 1.18 bits per heavy atom. The fourth-order valence-corrected chi connectivity index (χ4v) is 5.60. The molecule has 0 saturated heterocycles. The first-order chi connectivity index (χ1) is 16.6. The number of carbonyl (C=O) groups excluding carboxylic acids is 2. The van der Waals surface area contributed by atoms with Gasteiger partial charge in [-0.25, -0.2) is 4.98 Å². The third kappa shape index (κ3) is 3.93. The van der Waals surface area contributed by atoms with Crippen molar-refractivity contribution in [2.75, 3.05) is 13.6 Å². The Morgan fingerprint density at radius 2 is 2.03 bits per heavy atom. The van der Waals surface area contributed by atoms with E-state index in [0.717, 1.165) is 60.5 Å². The fraction of sp³-hybridized carbons (Fsp3) is 0.542. The van der Waals surface area contributed by atoms with E-state index in [4.69, 9.17) is 9.62 Å². The summed E-state index contributed by atoms with van der Waals surface area (Å²) in [5, 5.41) is 10.9. The van der Waals surface area contributed by atoms with Gasteiger partial charge in [-0.05, 0) is 38.0 Å². The zero-order valence-corrected chi connectivity index (χ0v) is 20.1. The van der Waals surface area contributed by atoms with Gasteiger partial charge in [0, 0.05) is 55.2 Å². The van der Waals surface area contributed by atoms with Crippen LogP contribution in [0, 0.1) is 5.92 Å².